The highest BCUT2D eigenvalue weighted by molar-refractivity contribution is 14.1. The average Bonchev–Trinajstić information content (AvgIpc) is 2.01. The predicted octanol–water partition coefficient (Wildman–Crippen LogP) is 2.38. The summed E-state index contributed by atoms with van der Waals surface area (Å²) in [6.07, 6.45) is -2.72. The van der Waals surface area contributed by atoms with E-state index in [0.717, 1.165) is 6.07 Å². The maximum atomic E-state index is 12.4. The third-order valence-corrected chi connectivity index (χ3v) is 2.57. The molecule has 1 heterocycles. The number of hydrogen-bond donors (Lipinski definition) is 1. The third kappa shape index (κ3) is 2.30. The van der Waals surface area contributed by atoms with Crippen molar-refractivity contribution in [2.45, 2.75) is 6.43 Å². The van der Waals surface area contributed by atoms with Gasteiger partial charge in [0.1, 0.15) is 9.39 Å². The van der Waals surface area contributed by atoms with Crippen molar-refractivity contribution in [2.24, 2.45) is 5.73 Å². The molecule has 1 amide bonds. The minimum absolute atomic E-state index is 0.0149. The number of halogens is 4. The maximum absolute atomic E-state index is 12.4. The number of nitrogens with two attached hydrogens (primary N) is 1. The number of nitrogens with zero attached hydrogens (tertiary/aromatic N) is 1. The Balaban J connectivity index is 3.32. The van der Waals surface area contributed by atoms with Gasteiger partial charge in [-0.25, -0.2) is 13.8 Å². The number of aromatic nitrogens is 1. The van der Waals surface area contributed by atoms with E-state index in [2.05, 4.69) is 4.98 Å². The molecule has 76 valence electrons. The van der Waals surface area contributed by atoms with Crippen LogP contribution >= 0.6 is 34.2 Å². The lowest BCUT2D eigenvalue weighted by Gasteiger charge is -2.06. The van der Waals surface area contributed by atoms with Gasteiger partial charge in [0.05, 0.1) is 10.6 Å². The van der Waals surface area contributed by atoms with E-state index in [1.54, 1.807) is 22.6 Å². The van der Waals surface area contributed by atoms with Crippen LogP contribution in [0.3, 0.4) is 0 Å². The molecule has 0 aliphatic heterocycles. The number of carbonyl (C=O) groups is 1. The Bertz CT molecular complexity index is 363. The number of alkyl halides is 2. The summed E-state index contributed by atoms with van der Waals surface area (Å²) < 4.78 is 24.7. The lowest BCUT2D eigenvalue weighted by molar-refractivity contribution is 0.0994. The van der Waals surface area contributed by atoms with Crippen molar-refractivity contribution in [1.82, 2.24) is 4.98 Å². The molecule has 0 saturated carbocycles. The van der Waals surface area contributed by atoms with Gasteiger partial charge in [0.15, 0.2) is 0 Å². The van der Waals surface area contributed by atoms with Gasteiger partial charge in [-0.3, -0.25) is 4.79 Å². The summed E-state index contributed by atoms with van der Waals surface area (Å²) in [4.78, 5) is 14.3. The summed E-state index contributed by atoms with van der Waals surface area (Å²) in [5.74, 6) is -0.800. The number of amides is 1. The highest BCUT2D eigenvalue weighted by Crippen LogP contribution is 2.30. The van der Waals surface area contributed by atoms with Crippen molar-refractivity contribution in [2.75, 3.05) is 0 Å². The maximum Gasteiger partial charge on any atom is 0.267 e. The number of rotatable bonds is 2. The monoisotopic (exact) mass is 332 g/mol. The summed E-state index contributed by atoms with van der Waals surface area (Å²) in [7, 11) is 0. The second kappa shape index (κ2) is 4.35. The van der Waals surface area contributed by atoms with Crippen molar-refractivity contribution in [3.05, 3.63) is 26.0 Å². The van der Waals surface area contributed by atoms with E-state index in [9.17, 15) is 13.6 Å². The van der Waals surface area contributed by atoms with E-state index >= 15 is 0 Å². The summed E-state index contributed by atoms with van der Waals surface area (Å²) in [5.41, 5.74) is 4.43. The largest absolute Gasteiger partial charge is 0.364 e. The molecule has 1 aromatic heterocycles. The SMILES string of the molecule is NC(=O)c1cc(Cl)c(C(F)F)c(I)n1. The van der Waals surface area contributed by atoms with Crippen LogP contribution in [0.15, 0.2) is 6.07 Å². The summed E-state index contributed by atoms with van der Waals surface area (Å²) in [6.45, 7) is 0. The first-order chi connectivity index (χ1) is 6.43. The lowest BCUT2D eigenvalue weighted by atomic mass is 10.2. The molecule has 0 aliphatic carbocycles. The van der Waals surface area contributed by atoms with Gasteiger partial charge in [0.2, 0.25) is 0 Å². The van der Waals surface area contributed by atoms with Crippen LogP contribution in [0.4, 0.5) is 8.78 Å². The second-order valence-corrected chi connectivity index (χ2v) is 3.79. The molecule has 0 unspecified atom stereocenters. The first kappa shape index (κ1) is 11.6. The lowest BCUT2D eigenvalue weighted by Crippen LogP contribution is -2.14. The molecule has 0 aromatic carbocycles. The van der Waals surface area contributed by atoms with E-state index in [4.69, 9.17) is 17.3 Å². The highest BCUT2D eigenvalue weighted by atomic mass is 127. The zero-order chi connectivity index (χ0) is 10.9. The zero-order valence-electron chi connectivity index (χ0n) is 6.60. The first-order valence-corrected chi connectivity index (χ1v) is 4.83. The van der Waals surface area contributed by atoms with Crippen molar-refractivity contribution >= 4 is 40.1 Å². The van der Waals surface area contributed by atoms with Gasteiger partial charge in [0.25, 0.3) is 12.3 Å². The minimum Gasteiger partial charge on any atom is -0.364 e. The molecule has 7 heteroatoms. The van der Waals surface area contributed by atoms with E-state index in [-0.39, 0.29) is 20.0 Å². The summed E-state index contributed by atoms with van der Waals surface area (Å²) in [5, 5.41) is -0.201. The third-order valence-electron chi connectivity index (χ3n) is 1.43. The quantitative estimate of drug-likeness (QED) is 0.668. The normalized spacial score (nSPS) is 10.6. The van der Waals surface area contributed by atoms with E-state index < -0.39 is 12.3 Å². The van der Waals surface area contributed by atoms with Gasteiger partial charge < -0.3 is 5.73 Å². The Hall–Kier alpha value is -0.500. The molecule has 0 atom stereocenters. The average molecular weight is 332 g/mol. The van der Waals surface area contributed by atoms with Crippen LogP contribution < -0.4 is 5.73 Å². The van der Waals surface area contributed by atoms with E-state index in [0.29, 0.717) is 0 Å². The molecule has 14 heavy (non-hydrogen) atoms. The fraction of sp³-hybridized carbons (Fsp3) is 0.143. The fourth-order valence-corrected chi connectivity index (χ4v) is 2.04. The van der Waals surface area contributed by atoms with Crippen molar-refractivity contribution in [3.63, 3.8) is 0 Å². The molecule has 0 radical (unpaired) electrons. The molecular formula is C7H4ClF2IN2O. The predicted molar refractivity (Wildman–Crippen MR) is 55.4 cm³/mol. The van der Waals surface area contributed by atoms with Crippen LogP contribution in [0.25, 0.3) is 0 Å². The molecule has 0 aliphatic rings. The zero-order valence-corrected chi connectivity index (χ0v) is 9.51. The molecule has 1 rings (SSSR count). The Morgan fingerprint density at radius 1 is 1.64 bits per heavy atom. The second-order valence-electron chi connectivity index (χ2n) is 2.36. The number of primary amides is 1. The number of pyridine rings is 1. The summed E-state index contributed by atoms with van der Waals surface area (Å²) >= 11 is 7.12. The molecule has 0 fully saturated rings. The van der Waals surface area contributed by atoms with Gasteiger partial charge in [-0.1, -0.05) is 11.6 Å². The Morgan fingerprint density at radius 3 is 2.57 bits per heavy atom. The molecule has 0 spiro atoms. The molecule has 2 N–H and O–H groups in total. The van der Waals surface area contributed by atoms with Crippen LogP contribution in [0, 0.1) is 3.70 Å². The van der Waals surface area contributed by atoms with Crippen molar-refractivity contribution in [1.29, 1.82) is 0 Å². The van der Waals surface area contributed by atoms with Crippen molar-refractivity contribution in [3.8, 4) is 0 Å². The number of carbonyl (C=O) groups excluding carboxylic acids is 1. The van der Waals surface area contributed by atoms with Crippen LogP contribution in [0.1, 0.15) is 22.5 Å². The van der Waals surface area contributed by atoms with E-state index in [1.165, 1.54) is 0 Å². The Morgan fingerprint density at radius 2 is 2.21 bits per heavy atom. The highest BCUT2D eigenvalue weighted by Gasteiger charge is 2.19. The standard InChI is InChI=1S/C7H4ClF2IN2O/c8-2-1-3(7(12)14)13-6(11)4(2)5(9)10/h1,5H,(H2,12,14). The van der Waals surface area contributed by atoms with Gasteiger partial charge >= 0.3 is 0 Å². The van der Waals surface area contributed by atoms with Gasteiger partial charge in [-0.05, 0) is 28.7 Å². The van der Waals surface area contributed by atoms with Crippen LogP contribution in [-0.2, 0) is 0 Å². The topological polar surface area (TPSA) is 56.0 Å². The van der Waals surface area contributed by atoms with Gasteiger partial charge in [-0.2, -0.15) is 0 Å². The van der Waals surface area contributed by atoms with Crippen LogP contribution in [-0.4, -0.2) is 10.9 Å². The molecule has 0 saturated heterocycles. The van der Waals surface area contributed by atoms with Crippen LogP contribution in [0.2, 0.25) is 5.02 Å². The van der Waals surface area contributed by atoms with Crippen molar-refractivity contribution < 1.29 is 13.6 Å². The fourth-order valence-electron chi connectivity index (χ4n) is 0.815. The minimum atomic E-state index is -2.72. The van der Waals surface area contributed by atoms with Crippen LogP contribution in [0.5, 0.6) is 0 Å². The number of hydrogen-bond acceptors (Lipinski definition) is 2. The van der Waals surface area contributed by atoms with Gasteiger partial charge in [0, 0.05) is 0 Å². The first-order valence-electron chi connectivity index (χ1n) is 3.37. The smallest absolute Gasteiger partial charge is 0.267 e. The Labute approximate surface area is 96.8 Å². The van der Waals surface area contributed by atoms with E-state index in [1.807, 2.05) is 0 Å². The Kier molecular flexibility index (Phi) is 3.59. The molecule has 3 nitrogen and oxygen atoms in total. The molecule has 0 bridgehead atoms. The van der Waals surface area contributed by atoms with Gasteiger partial charge in [-0.15, -0.1) is 0 Å². The molecule has 1 aromatic rings. The molecular weight excluding hydrogens is 328 g/mol. The summed E-state index contributed by atoms with van der Waals surface area (Å²) in [6, 6.07) is 1.04.